The maximum absolute atomic E-state index is 13.9. The van der Waals surface area contributed by atoms with Gasteiger partial charge in [-0.25, -0.2) is 0 Å². The van der Waals surface area contributed by atoms with E-state index in [9.17, 15) is 14.4 Å². The van der Waals surface area contributed by atoms with Crippen LogP contribution in [0.4, 0.5) is 0 Å². The topological polar surface area (TPSA) is 95.9 Å². The summed E-state index contributed by atoms with van der Waals surface area (Å²) in [5, 5.41) is 7.51. The molecule has 220 valence electrons. The van der Waals surface area contributed by atoms with Crippen LogP contribution >= 0.6 is 0 Å². The molecule has 3 atom stereocenters. The van der Waals surface area contributed by atoms with Crippen molar-refractivity contribution < 1.29 is 19.1 Å². The molecular weight excluding hydrogens is 506 g/mol. The molecule has 9 heteroatoms. The van der Waals surface area contributed by atoms with E-state index in [2.05, 4.69) is 45.7 Å². The Bertz CT molecular complexity index is 1170. The molecule has 1 aromatic carbocycles. The zero-order chi connectivity index (χ0) is 28.8. The molecule has 40 heavy (non-hydrogen) atoms. The number of carbonyl (C=O) groups excluding carboxylic acids is 3. The van der Waals surface area contributed by atoms with Gasteiger partial charge in [-0.05, 0) is 49.7 Å². The SMILES string of the molecule is COCCCn1cc(CN(C(=O)C2CNC[C@@H](C(=O)NC(CC(C)C)C(=O)N(C)C)C2)C2CC2)c2ccccc21. The van der Waals surface area contributed by atoms with Crippen LogP contribution in [-0.4, -0.2) is 85.1 Å². The molecule has 0 radical (unpaired) electrons. The molecule has 2 heterocycles. The summed E-state index contributed by atoms with van der Waals surface area (Å²) in [5.41, 5.74) is 2.33. The summed E-state index contributed by atoms with van der Waals surface area (Å²) < 4.78 is 7.52. The number of hydrogen-bond donors (Lipinski definition) is 2. The molecule has 1 aliphatic heterocycles. The number of amides is 3. The summed E-state index contributed by atoms with van der Waals surface area (Å²) in [4.78, 5) is 43.5. The molecule has 1 aliphatic carbocycles. The van der Waals surface area contributed by atoms with E-state index in [1.807, 2.05) is 18.7 Å². The van der Waals surface area contributed by atoms with Gasteiger partial charge in [0.15, 0.2) is 0 Å². The van der Waals surface area contributed by atoms with Crippen LogP contribution in [0.3, 0.4) is 0 Å². The van der Waals surface area contributed by atoms with Gasteiger partial charge >= 0.3 is 0 Å². The normalized spacial score (nSPS) is 19.9. The summed E-state index contributed by atoms with van der Waals surface area (Å²) in [7, 11) is 5.14. The third-order valence-corrected chi connectivity index (χ3v) is 8.06. The number of hydrogen-bond acceptors (Lipinski definition) is 5. The van der Waals surface area contributed by atoms with Crippen LogP contribution in [0.15, 0.2) is 30.5 Å². The lowest BCUT2D eigenvalue weighted by Gasteiger charge is -2.34. The smallest absolute Gasteiger partial charge is 0.244 e. The molecule has 2 aliphatic rings. The summed E-state index contributed by atoms with van der Waals surface area (Å²) in [5.74, 6) is -0.482. The quantitative estimate of drug-likeness (QED) is 0.372. The molecule has 4 rings (SSSR count). The number of para-hydroxylation sites is 1. The Labute approximate surface area is 238 Å². The zero-order valence-electron chi connectivity index (χ0n) is 24.8. The summed E-state index contributed by atoms with van der Waals surface area (Å²) in [6, 6.07) is 8.08. The van der Waals surface area contributed by atoms with Gasteiger partial charge in [0, 0.05) is 77.1 Å². The van der Waals surface area contributed by atoms with Gasteiger partial charge in [0.25, 0.3) is 0 Å². The van der Waals surface area contributed by atoms with Crippen LogP contribution in [0.5, 0.6) is 0 Å². The van der Waals surface area contributed by atoms with Gasteiger partial charge in [0.05, 0.1) is 11.8 Å². The van der Waals surface area contributed by atoms with Gasteiger partial charge < -0.3 is 29.7 Å². The number of nitrogens with zero attached hydrogens (tertiary/aromatic N) is 3. The van der Waals surface area contributed by atoms with Crippen molar-refractivity contribution in [2.24, 2.45) is 17.8 Å². The third kappa shape index (κ3) is 7.43. The van der Waals surface area contributed by atoms with Crippen molar-refractivity contribution in [1.29, 1.82) is 0 Å². The van der Waals surface area contributed by atoms with Gasteiger partial charge in [-0.15, -0.1) is 0 Å². The lowest BCUT2D eigenvalue weighted by molar-refractivity contribution is -0.140. The molecule has 0 spiro atoms. The molecule has 1 aromatic heterocycles. The minimum Gasteiger partial charge on any atom is -0.385 e. The number of piperidine rings is 1. The fourth-order valence-electron chi connectivity index (χ4n) is 5.83. The first-order chi connectivity index (χ1) is 19.2. The van der Waals surface area contributed by atoms with Crippen molar-refractivity contribution in [2.45, 2.75) is 71.1 Å². The summed E-state index contributed by atoms with van der Waals surface area (Å²) in [6.45, 7) is 7.31. The Morgan fingerprint density at radius 2 is 1.85 bits per heavy atom. The number of carbonyl (C=O) groups is 3. The fourth-order valence-corrected chi connectivity index (χ4v) is 5.83. The largest absolute Gasteiger partial charge is 0.385 e. The number of nitrogens with one attached hydrogen (secondary N) is 2. The molecule has 0 bridgehead atoms. The van der Waals surface area contributed by atoms with Crippen molar-refractivity contribution in [3.8, 4) is 0 Å². The van der Waals surface area contributed by atoms with E-state index in [0.717, 1.165) is 31.4 Å². The Morgan fingerprint density at radius 3 is 2.52 bits per heavy atom. The highest BCUT2D eigenvalue weighted by molar-refractivity contribution is 5.89. The number of aryl methyl sites for hydroxylation is 1. The van der Waals surface area contributed by atoms with E-state index >= 15 is 0 Å². The van der Waals surface area contributed by atoms with E-state index in [-0.39, 0.29) is 41.5 Å². The first kappa shape index (κ1) is 30.1. The Kier molecular flexibility index (Phi) is 10.2. The molecule has 2 aromatic rings. The second-order valence-electron chi connectivity index (χ2n) is 12.1. The minimum absolute atomic E-state index is 0.0975. The second kappa shape index (κ2) is 13.6. The molecule has 1 saturated heterocycles. The minimum atomic E-state index is -0.553. The highest BCUT2D eigenvalue weighted by atomic mass is 16.5. The average molecular weight is 554 g/mol. The average Bonchev–Trinajstić information content (AvgIpc) is 3.73. The van der Waals surface area contributed by atoms with Gasteiger partial charge in [-0.2, -0.15) is 0 Å². The first-order valence-corrected chi connectivity index (χ1v) is 14.8. The number of benzene rings is 1. The third-order valence-electron chi connectivity index (χ3n) is 8.06. The van der Waals surface area contributed by atoms with Gasteiger partial charge in [-0.1, -0.05) is 32.0 Å². The number of likely N-dealkylation sites (N-methyl/N-ethyl adjacent to an activating group) is 1. The van der Waals surface area contributed by atoms with E-state index in [1.165, 1.54) is 15.8 Å². The van der Waals surface area contributed by atoms with Crippen molar-refractivity contribution in [3.63, 3.8) is 0 Å². The van der Waals surface area contributed by atoms with Crippen LogP contribution in [0.1, 0.15) is 51.5 Å². The molecule has 2 unspecified atom stereocenters. The molecule has 1 saturated carbocycles. The van der Waals surface area contributed by atoms with Crippen molar-refractivity contribution in [2.75, 3.05) is 40.9 Å². The van der Waals surface area contributed by atoms with E-state index in [1.54, 1.807) is 21.2 Å². The van der Waals surface area contributed by atoms with Gasteiger partial charge in [-0.3, -0.25) is 14.4 Å². The monoisotopic (exact) mass is 553 g/mol. The fraction of sp³-hybridized carbons (Fsp3) is 0.645. The zero-order valence-corrected chi connectivity index (χ0v) is 24.8. The van der Waals surface area contributed by atoms with Crippen LogP contribution in [0.2, 0.25) is 0 Å². The lowest BCUT2D eigenvalue weighted by Crippen LogP contribution is -2.53. The van der Waals surface area contributed by atoms with Crippen LogP contribution in [-0.2, 0) is 32.2 Å². The predicted octanol–water partition coefficient (Wildman–Crippen LogP) is 3.01. The van der Waals surface area contributed by atoms with Crippen molar-refractivity contribution in [3.05, 3.63) is 36.0 Å². The van der Waals surface area contributed by atoms with Crippen LogP contribution in [0, 0.1) is 17.8 Å². The Hall–Kier alpha value is -2.91. The van der Waals surface area contributed by atoms with Crippen LogP contribution < -0.4 is 10.6 Å². The second-order valence-corrected chi connectivity index (χ2v) is 12.1. The molecule has 2 N–H and O–H groups in total. The number of aromatic nitrogens is 1. The molecular formula is C31H47N5O4. The summed E-state index contributed by atoms with van der Waals surface area (Å²) >= 11 is 0. The molecule has 9 nitrogen and oxygen atoms in total. The van der Waals surface area contributed by atoms with E-state index < -0.39 is 6.04 Å². The van der Waals surface area contributed by atoms with Gasteiger partial charge in [0.2, 0.25) is 17.7 Å². The number of methoxy groups -OCH3 is 1. The first-order valence-electron chi connectivity index (χ1n) is 14.8. The standard InChI is InChI=1S/C31H47N5O4/c1-21(2)15-27(31(39)34(3)4)33-29(37)22-16-23(18-32-17-22)30(38)36(25-11-12-25)20-24-19-35(13-8-14-40-5)28-10-7-6-9-26(24)28/h6-7,9-10,19,21-23,25,27,32H,8,11-18,20H2,1-5H3,(H,33,37)/t22-,23?,27?/m0/s1. The Morgan fingerprint density at radius 1 is 1.12 bits per heavy atom. The lowest BCUT2D eigenvalue weighted by atomic mass is 9.88. The van der Waals surface area contributed by atoms with Crippen molar-refractivity contribution >= 4 is 28.6 Å². The van der Waals surface area contributed by atoms with E-state index in [0.29, 0.717) is 39.1 Å². The predicted molar refractivity (Wildman–Crippen MR) is 157 cm³/mol. The highest BCUT2D eigenvalue weighted by Gasteiger charge is 2.39. The highest BCUT2D eigenvalue weighted by Crippen LogP contribution is 2.33. The Balaban J connectivity index is 1.45. The maximum atomic E-state index is 13.9. The molecule has 2 fully saturated rings. The summed E-state index contributed by atoms with van der Waals surface area (Å²) in [6.07, 6.45) is 6.23. The van der Waals surface area contributed by atoms with Crippen molar-refractivity contribution in [1.82, 2.24) is 25.0 Å². The number of fused-ring (bicyclic) bond motifs is 1. The number of rotatable bonds is 13. The molecule has 3 amide bonds. The van der Waals surface area contributed by atoms with E-state index in [4.69, 9.17) is 4.74 Å². The maximum Gasteiger partial charge on any atom is 0.244 e. The van der Waals surface area contributed by atoms with Crippen LogP contribution in [0.25, 0.3) is 10.9 Å². The van der Waals surface area contributed by atoms with Gasteiger partial charge in [0.1, 0.15) is 6.04 Å². The number of ether oxygens (including phenoxy) is 1.